The van der Waals surface area contributed by atoms with E-state index in [1.807, 2.05) is 13.8 Å². The van der Waals surface area contributed by atoms with Gasteiger partial charge in [0.1, 0.15) is 0 Å². The molecule has 0 saturated heterocycles. The van der Waals surface area contributed by atoms with Crippen LogP contribution in [0.4, 0.5) is 0 Å². The average molecular weight is 397 g/mol. The smallest absolute Gasteiger partial charge is 0.202 e. The van der Waals surface area contributed by atoms with E-state index < -0.39 is 24.3 Å². The molecular weight excluding hydrogens is 364 g/mol. The van der Waals surface area contributed by atoms with Gasteiger partial charge >= 0.3 is 0 Å². The van der Waals surface area contributed by atoms with Gasteiger partial charge in [-0.15, -0.1) is 0 Å². The normalized spacial score (nSPS) is 27.9. The van der Waals surface area contributed by atoms with Crippen LogP contribution in [0.5, 0.6) is 0 Å². The van der Waals surface area contributed by atoms with Crippen LogP contribution in [0, 0.1) is 11.8 Å². The summed E-state index contributed by atoms with van der Waals surface area (Å²) in [6, 6.07) is 8.40. The van der Waals surface area contributed by atoms with E-state index in [1.165, 1.54) is 6.08 Å². The van der Waals surface area contributed by atoms with E-state index in [4.69, 9.17) is 4.43 Å². The summed E-state index contributed by atoms with van der Waals surface area (Å²) in [6.07, 6.45) is 0.335. The van der Waals surface area contributed by atoms with Crippen molar-refractivity contribution in [2.24, 2.45) is 11.8 Å². The highest BCUT2D eigenvalue weighted by Gasteiger charge is 2.46. The molecule has 0 fully saturated rings. The van der Waals surface area contributed by atoms with Crippen molar-refractivity contribution in [1.82, 2.24) is 0 Å². The van der Waals surface area contributed by atoms with E-state index in [0.29, 0.717) is 0 Å². The average Bonchev–Trinajstić information content (AvgIpc) is 2.54. The lowest BCUT2D eigenvalue weighted by molar-refractivity contribution is 0.0201. The van der Waals surface area contributed by atoms with Crippen molar-refractivity contribution in [2.45, 2.75) is 69.9 Å². The highest BCUT2D eigenvalue weighted by Crippen LogP contribution is 2.43. The molecule has 2 rings (SSSR count). The molecule has 1 aliphatic carbocycles. The van der Waals surface area contributed by atoms with Crippen molar-refractivity contribution < 1.29 is 18.0 Å². The van der Waals surface area contributed by atoms with E-state index >= 15 is 0 Å². The third kappa shape index (κ3) is 3.98. The monoisotopic (exact) mass is 396 g/mol. The zero-order valence-corrected chi connectivity index (χ0v) is 18.7. The van der Waals surface area contributed by atoms with E-state index in [-0.39, 0.29) is 32.8 Å². The van der Waals surface area contributed by atoms with Gasteiger partial charge in [0, 0.05) is 11.8 Å². The Kier molecular flexibility index (Phi) is 5.93. The molecule has 0 aliphatic heterocycles. The topological polar surface area (TPSA) is 63.6 Å². The van der Waals surface area contributed by atoms with Crippen LogP contribution >= 0.6 is 0 Å². The lowest BCUT2D eigenvalue weighted by atomic mass is 9.84. The summed E-state index contributed by atoms with van der Waals surface area (Å²) in [5.74, 6) is -0.471. The molecule has 0 spiro atoms. The van der Waals surface area contributed by atoms with Gasteiger partial charge in [-0.1, -0.05) is 52.8 Å². The Balaban J connectivity index is 2.44. The molecule has 0 bridgehead atoms. The van der Waals surface area contributed by atoms with Crippen LogP contribution in [0.3, 0.4) is 0 Å². The van der Waals surface area contributed by atoms with Crippen LogP contribution in [0.1, 0.15) is 34.6 Å². The third-order valence-electron chi connectivity index (χ3n) is 5.93. The van der Waals surface area contributed by atoms with Crippen LogP contribution in [-0.2, 0) is 14.3 Å². The predicted octanol–water partition coefficient (Wildman–Crippen LogP) is 4.38. The summed E-state index contributed by atoms with van der Waals surface area (Å²) in [5, 5.41) is 10.6. The maximum absolute atomic E-state index is 13.1. The Bertz CT molecular complexity index is 763. The summed E-state index contributed by atoms with van der Waals surface area (Å²) in [7, 11) is -5.76. The second kappa shape index (κ2) is 7.22. The van der Waals surface area contributed by atoms with E-state index in [0.717, 1.165) is 0 Å². The van der Waals surface area contributed by atoms with Crippen molar-refractivity contribution in [1.29, 1.82) is 0 Å². The molecule has 0 radical (unpaired) electrons. The minimum atomic E-state index is -3.66. The lowest BCUT2D eigenvalue weighted by Crippen LogP contribution is -2.51. The number of aliphatic hydroxyl groups excluding tert-OH is 1. The first kappa shape index (κ1) is 21.3. The molecule has 1 N–H and O–H groups in total. The van der Waals surface area contributed by atoms with Crippen LogP contribution in [0.25, 0.3) is 0 Å². The highest BCUT2D eigenvalue weighted by atomic mass is 32.2. The number of aliphatic hydroxyl groups is 1. The fourth-order valence-corrected chi connectivity index (χ4v) is 6.26. The molecular formula is C20H32O4SSi. The minimum Gasteiger partial charge on any atom is -0.413 e. The zero-order chi connectivity index (χ0) is 19.9. The van der Waals surface area contributed by atoms with E-state index in [1.54, 1.807) is 30.3 Å². The third-order valence-corrected chi connectivity index (χ3v) is 12.4. The van der Waals surface area contributed by atoms with Gasteiger partial charge in [0.15, 0.2) is 8.32 Å². The van der Waals surface area contributed by atoms with Crippen LogP contribution in [0.2, 0.25) is 18.1 Å². The van der Waals surface area contributed by atoms with E-state index in [2.05, 4.69) is 33.9 Å². The number of sulfone groups is 1. The second-order valence-corrected chi connectivity index (χ2v) is 15.6. The summed E-state index contributed by atoms with van der Waals surface area (Å²) in [6.45, 7) is 14.6. The van der Waals surface area contributed by atoms with Gasteiger partial charge < -0.3 is 9.53 Å². The number of hydrogen-bond donors (Lipinski definition) is 1. The SMILES string of the molecule is C[C@@H]1[C@H](O[Si](C)(C)C(C)(C)C)[C@@H](C)C(S(=O)(=O)c2ccccc2)=C[C@H]1O. The molecule has 6 heteroatoms. The Labute approximate surface area is 159 Å². The molecule has 0 aromatic heterocycles. The van der Waals surface area contributed by atoms with Crippen molar-refractivity contribution in [2.75, 3.05) is 0 Å². The molecule has 0 unspecified atom stereocenters. The standard InChI is InChI=1S/C20H32O4SSi/c1-14-17(21)13-18(25(22,23)16-11-9-8-10-12-16)15(2)19(14)24-26(6,7)20(3,4)5/h8-15,17,19,21H,1-7H3/t14-,15-,17+,19-/m0/s1. The lowest BCUT2D eigenvalue weighted by Gasteiger charge is -2.45. The van der Waals surface area contributed by atoms with Crippen molar-refractivity contribution >= 4 is 18.2 Å². The molecule has 0 amide bonds. The zero-order valence-electron chi connectivity index (χ0n) is 16.9. The predicted molar refractivity (Wildman–Crippen MR) is 108 cm³/mol. The van der Waals surface area contributed by atoms with Gasteiger partial charge in [0.05, 0.1) is 22.0 Å². The van der Waals surface area contributed by atoms with Crippen molar-refractivity contribution in [3.63, 3.8) is 0 Å². The summed E-state index contributed by atoms with van der Waals surface area (Å²) >= 11 is 0. The summed E-state index contributed by atoms with van der Waals surface area (Å²) in [4.78, 5) is 0.518. The van der Waals surface area contributed by atoms with Crippen LogP contribution in [-0.4, -0.2) is 34.0 Å². The summed E-state index contributed by atoms with van der Waals surface area (Å²) < 4.78 is 32.8. The molecule has 0 saturated carbocycles. The van der Waals surface area contributed by atoms with Gasteiger partial charge in [0.25, 0.3) is 0 Å². The van der Waals surface area contributed by atoms with Gasteiger partial charge in [-0.3, -0.25) is 0 Å². The fourth-order valence-electron chi connectivity index (χ4n) is 3.08. The molecule has 1 aromatic rings. The molecule has 26 heavy (non-hydrogen) atoms. The van der Waals surface area contributed by atoms with Crippen LogP contribution < -0.4 is 0 Å². The molecule has 1 aliphatic rings. The van der Waals surface area contributed by atoms with Gasteiger partial charge in [-0.05, 0) is 36.3 Å². The first-order valence-corrected chi connectivity index (χ1v) is 13.6. The molecule has 1 aromatic carbocycles. The fraction of sp³-hybridized carbons (Fsp3) is 0.600. The van der Waals surface area contributed by atoms with Crippen molar-refractivity contribution in [3.8, 4) is 0 Å². The van der Waals surface area contributed by atoms with Gasteiger partial charge in [-0.2, -0.15) is 0 Å². The quantitative estimate of drug-likeness (QED) is 0.767. The molecule has 4 nitrogen and oxygen atoms in total. The summed E-state index contributed by atoms with van der Waals surface area (Å²) in [5.41, 5.74) is 0. The van der Waals surface area contributed by atoms with Crippen molar-refractivity contribution in [3.05, 3.63) is 41.3 Å². The maximum Gasteiger partial charge on any atom is 0.202 e. The molecule has 146 valence electrons. The Hall–Kier alpha value is -0.953. The van der Waals surface area contributed by atoms with Gasteiger partial charge in [0.2, 0.25) is 9.84 Å². The Morgan fingerprint density at radius 2 is 1.62 bits per heavy atom. The molecule has 0 heterocycles. The Morgan fingerprint density at radius 3 is 2.12 bits per heavy atom. The number of hydrogen-bond acceptors (Lipinski definition) is 4. The second-order valence-electron chi connectivity index (χ2n) is 8.87. The highest BCUT2D eigenvalue weighted by molar-refractivity contribution is 7.95. The van der Waals surface area contributed by atoms with Gasteiger partial charge in [-0.25, -0.2) is 8.42 Å². The maximum atomic E-state index is 13.1. The largest absolute Gasteiger partial charge is 0.413 e. The number of benzene rings is 1. The minimum absolute atomic E-state index is 0.0109. The molecule has 4 atom stereocenters. The number of rotatable bonds is 4. The first-order chi connectivity index (χ1) is 11.8. The Morgan fingerprint density at radius 1 is 1.08 bits per heavy atom. The van der Waals surface area contributed by atoms with Crippen LogP contribution in [0.15, 0.2) is 46.2 Å². The first-order valence-electron chi connectivity index (χ1n) is 9.17. The van der Waals surface area contributed by atoms with E-state index in [9.17, 15) is 13.5 Å².